The third-order valence-corrected chi connectivity index (χ3v) is 12.3. The molecule has 10 heteroatoms. The second-order valence-electron chi connectivity index (χ2n) is 11.8. The number of rotatable bonds is 14. The van der Waals surface area contributed by atoms with E-state index in [9.17, 15) is 18.0 Å². The largest absolute Gasteiger partial charge is 0.493 e. The minimum absolute atomic E-state index is 0.00372. The zero-order chi connectivity index (χ0) is 30.0. The molecule has 0 spiro atoms. The number of Topliss-reactive ketones (excluding diaryl/α,β-unsaturated/α-hetero) is 1. The minimum Gasteiger partial charge on any atom is -0.493 e. The van der Waals surface area contributed by atoms with Crippen LogP contribution < -0.4 is 9.47 Å². The Labute approximate surface area is 248 Å². The molecule has 2 aliphatic rings. The van der Waals surface area contributed by atoms with E-state index in [2.05, 4.69) is 6.58 Å². The van der Waals surface area contributed by atoms with Crippen LogP contribution in [0.5, 0.6) is 11.5 Å². The van der Waals surface area contributed by atoms with Gasteiger partial charge in [0.25, 0.3) is 0 Å². The lowest BCUT2D eigenvalue weighted by Crippen LogP contribution is -2.49. The van der Waals surface area contributed by atoms with Crippen LogP contribution in [-0.2, 0) is 32.6 Å². The van der Waals surface area contributed by atoms with Crippen molar-refractivity contribution < 1.29 is 27.5 Å². The van der Waals surface area contributed by atoms with Gasteiger partial charge in [0.15, 0.2) is 11.5 Å². The van der Waals surface area contributed by atoms with Crippen LogP contribution in [0.4, 0.5) is 0 Å². The number of benzene rings is 1. The minimum atomic E-state index is -3.93. The predicted molar refractivity (Wildman–Crippen MR) is 162 cm³/mol. The van der Waals surface area contributed by atoms with E-state index < -0.39 is 15.4 Å². The molecule has 2 unspecified atom stereocenters. The maximum Gasteiger partial charge on any atom is 0.238 e. The summed E-state index contributed by atoms with van der Waals surface area (Å²) in [6.45, 7) is 10.3. The maximum atomic E-state index is 13.9. The molecule has 0 aliphatic heterocycles. The molecule has 2 bridgehead atoms. The van der Waals surface area contributed by atoms with Crippen LogP contribution in [0.25, 0.3) is 0 Å². The van der Waals surface area contributed by atoms with Crippen molar-refractivity contribution in [2.45, 2.75) is 53.0 Å². The molecule has 2 saturated carbocycles. The topological polar surface area (TPSA) is 93.2 Å². The number of sulfonamides is 1. The number of nitrogens with zero attached hydrogens (tertiary/aromatic N) is 2. The zero-order valence-electron chi connectivity index (χ0n) is 24.8. The number of hydrogen-bond acceptors (Lipinski definition) is 7. The van der Waals surface area contributed by atoms with E-state index >= 15 is 0 Å². The molecule has 2 aliphatic carbocycles. The van der Waals surface area contributed by atoms with Crippen molar-refractivity contribution in [3.63, 3.8) is 0 Å². The van der Waals surface area contributed by atoms with Gasteiger partial charge < -0.3 is 14.4 Å². The fourth-order valence-electron chi connectivity index (χ4n) is 6.51. The van der Waals surface area contributed by atoms with Gasteiger partial charge in [-0.2, -0.15) is 4.31 Å². The van der Waals surface area contributed by atoms with Gasteiger partial charge >= 0.3 is 0 Å². The van der Waals surface area contributed by atoms with Crippen LogP contribution in [0.15, 0.2) is 42.3 Å². The Balaban J connectivity index is 1.55. The van der Waals surface area contributed by atoms with Crippen LogP contribution >= 0.6 is 11.3 Å². The molecule has 224 valence electrons. The standard InChI is InChI=1S/C31H42N2O6S2/c1-7-14-33(41(36,37)21-31-13-10-24(18-28(31)34)30(31,3)4)20-29(35)32(19-27-22(2)12-16-40-27)15-11-23-8-9-25(38-5)26(17-23)39-6/h7-9,12,16-17,24H,1,10-11,13-15,18-21H2,2-6H3. The molecule has 0 radical (unpaired) electrons. The van der Waals surface area contributed by atoms with Crippen LogP contribution in [0.2, 0.25) is 0 Å². The first-order chi connectivity index (χ1) is 19.4. The van der Waals surface area contributed by atoms with Crippen molar-refractivity contribution in [2.24, 2.45) is 16.7 Å². The van der Waals surface area contributed by atoms with Crippen molar-refractivity contribution in [1.29, 1.82) is 0 Å². The van der Waals surface area contributed by atoms with Gasteiger partial charge in [-0.1, -0.05) is 26.0 Å². The summed E-state index contributed by atoms with van der Waals surface area (Å²) in [6, 6.07) is 7.67. The number of amides is 1. The zero-order valence-corrected chi connectivity index (χ0v) is 26.4. The highest BCUT2D eigenvalue weighted by Crippen LogP contribution is 2.64. The van der Waals surface area contributed by atoms with Crippen molar-refractivity contribution in [2.75, 3.05) is 39.6 Å². The number of thiophene rings is 1. The van der Waals surface area contributed by atoms with E-state index in [4.69, 9.17) is 9.47 Å². The summed E-state index contributed by atoms with van der Waals surface area (Å²) in [5, 5.41) is 1.99. The van der Waals surface area contributed by atoms with E-state index in [0.717, 1.165) is 22.4 Å². The SMILES string of the molecule is C=CCN(CC(=O)N(CCc1ccc(OC)c(OC)c1)Cc1sccc1C)S(=O)(=O)CC12CCC(CC1=O)C2(C)C. The third-order valence-electron chi connectivity index (χ3n) is 9.38. The first kappa shape index (κ1) is 31.3. The fraction of sp³-hybridized carbons (Fsp3) is 0.548. The number of carbonyl (C=O) groups excluding carboxylic acids is 2. The number of aryl methyl sites for hydroxylation is 1. The summed E-state index contributed by atoms with van der Waals surface area (Å²) in [4.78, 5) is 29.7. The van der Waals surface area contributed by atoms with Gasteiger partial charge in [0.2, 0.25) is 15.9 Å². The van der Waals surface area contributed by atoms with E-state index in [1.807, 2.05) is 50.4 Å². The number of ketones is 1. The molecule has 2 atom stereocenters. The molecular formula is C31H42N2O6S2. The monoisotopic (exact) mass is 602 g/mol. The molecule has 1 amide bonds. The molecule has 0 saturated heterocycles. The van der Waals surface area contributed by atoms with Gasteiger partial charge in [-0.15, -0.1) is 17.9 Å². The number of hydrogen-bond donors (Lipinski definition) is 0. The second kappa shape index (κ2) is 12.3. The molecule has 0 N–H and O–H groups in total. The molecule has 41 heavy (non-hydrogen) atoms. The highest BCUT2D eigenvalue weighted by atomic mass is 32.2. The summed E-state index contributed by atoms with van der Waals surface area (Å²) in [5.41, 5.74) is 0.769. The van der Waals surface area contributed by atoms with E-state index in [-0.39, 0.29) is 41.9 Å². The highest BCUT2D eigenvalue weighted by molar-refractivity contribution is 7.89. The quantitative estimate of drug-likeness (QED) is 0.287. The summed E-state index contributed by atoms with van der Waals surface area (Å²) in [7, 11) is -0.770. The van der Waals surface area contributed by atoms with Crippen LogP contribution in [0, 0.1) is 23.7 Å². The van der Waals surface area contributed by atoms with Gasteiger partial charge in [-0.05, 0) is 72.2 Å². The molecule has 2 fully saturated rings. The van der Waals surface area contributed by atoms with E-state index in [0.29, 0.717) is 43.9 Å². The first-order valence-corrected chi connectivity index (χ1v) is 16.5. The van der Waals surface area contributed by atoms with Crippen LogP contribution in [0.1, 0.15) is 49.1 Å². The molecule has 1 aromatic carbocycles. The highest BCUT2D eigenvalue weighted by Gasteiger charge is 2.65. The summed E-state index contributed by atoms with van der Waals surface area (Å²) >= 11 is 1.58. The summed E-state index contributed by atoms with van der Waals surface area (Å²) in [5.74, 6) is 0.929. The van der Waals surface area contributed by atoms with E-state index in [1.54, 1.807) is 30.5 Å². The molecule has 2 aromatic rings. The van der Waals surface area contributed by atoms with Crippen molar-refractivity contribution >= 4 is 33.1 Å². The van der Waals surface area contributed by atoms with Gasteiger partial charge in [0, 0.05) is 29.8 Å². The van der Waals surface area contributed by atoms with Gasteiger partial charge in [0.05, 0.1) is 33.1 Å². The predicted octanol–water partition coefficient (Wildman–Crippen LogP) is 4.86. The van der Waals surface area contributed by atoms with Crippen molar-refractivity contribution in [1.82, 2.24) is 9.21 Å². The fourth-order valence-corrected chi connectivity index (χ4v) is 9.56. The third kappa shape index (κ3) is 6.10. The van der Waals surface area contributed by atoms with Crippen LogP contribution in [0.3, 0.4) is 0 Å². The van der Waals surface area contributed by atoms with Gasteiger partial charge in [0.1, 0.15) is 5.78 Å². The smallest absolute Gasteiger partial charge is 0.238 e. The molecular weight excluding hydrogens is 560 g/mol. The van der Waals surface area contributed by atoms with E-state index in [1.165, 1.54) is 10.4 Å². The molecule has 4 rings (SSSR count). The Morgan fingerprint density at radius 2 is 1.93 bits per heavy atom. The molecule has 1 heterocycles. The lowest BCUT2D eigenvalue weighted by Gasteiger charge is -2.37. The lowest BCUT2D eigenvalue weighted by atomic mass is 9.70. The van der Waals surface area contributed by atoms with Crippen LogP contribution in [-0.4, -0.2) is 68.9 Å². The first-order valence-electron chi connectivity index (χ1n) is 14.0. The second-order valence-corrected chi connectivity index (χ2v) is 14.8. The van der Waals surface area contributed by atoms with Gasteiger partial charge in [-0.3, -0.25) is 9.59 Å². The molecule has 1 aromatic heterocycles. The van der Waals surface area contributed by atoms with Gasteiger partial charge in [-0.25, -0.2) is 8.42 Å². The lowest BCUT2D eigenvalue weighted by molar-refractivity contribution is -0.131. The maximum absolute atomic E-state index is 13.9. The summed E-state index contributed by atoms with van der Waals surface area (Å²) in [6.07, 6.45) is 3.93. The number of fused-ring (bicyclic) bond motifs is 2. The number of carbonyl (C=O) groups is 2. The summed E-state index contributed by atoms with van der Waals surface area (Å²) < 4.78 is 39.7. The number of methoxy groups -OCH3 is 2. The normalized spacial score (nSPS) is 21.3. The number of ether oxygens (including phenoxy) is 2. The Hall–Kier alpha value is -2.69. The Bertz CT molecular complexity index is 1400. The van der Waals surface area contributed by atoms with Crippen molar-refractivity contribution in [3.8, 4) is 11.5 Å². The van der Waals surface area contributed by atoms with Crippen molar-refractivity contribution in [3.05, 3.63) is 58.3 Å². The Morgan fingerprint density at radius 1 is 1.20 bits per heavy atom. The average Bonchev–Trinajstić information content (AvgIpc) is 3.50. The Morgan fingerprint density at radius 3 is 2.49 bits per heavy atom. The average molecular weight is 603 g/mol. The molecule has 8 nitrogen and oxygen atoms in total. The Kier molecular flexibility index (Phi) is 9.35.